The van der Waals surface area contributed by atoms with Crippen LogP contribution in [-0.2, 0) is 6.54 Å². The van der Waals surface area contributed by atoms with Gasteiger partial charge in [0.2, 0.25) is 5.89 Å². The number of anilines is 1. The molecule has 0 aliphatic carbocycles. The molecule has 162 valence electrons. The second-order valence-corrected chi connectivity index (χ2v) is 8.25. The molecular weight excluding hydrogens is 414 g/mol. The van der Waals surface area contributed by atoms with Gasteiger partial charge >= 0.3 is 0 Å². The molecule has 0 amide bonds. The molecule has 9 nitrogen and oxygen atoms in total. The molecule has 0 fully saturated rings. The third kappa shape index (κ3) is 4.64. The van der Waals surface area contributed by atoms with E-state index in [9.17, 15) is 0 Å². The van der Waals surface area contributed by atoms with Crippen molar-refractivity contribution in [2.24, 2.45) is 0 Å². The molecule has 0 aliphatic rings. The minimum atomic E-state index is 0.365. The van der Waals surface area contributed by atoms with E-state index in [4.69, 9.17) is 19.9 Å². The third-order valence-electron chi connectivity index (χ3n) is 4.69. The average molecular weight is 440 g/mol. The highest BCUT2D eigenvalue weighted by Gasteiger charge is 2.19. The summed E-state index contributed by atoms with van der Waals surface area (Å²) in [5.41, 5.74) is 8.26. The monoisotopic (exact) mass is 439 g/mol. The van der Waals surface area contributed by atoms with Gasteiger partial charge in [0.25, 0.3) is 0 Å². The van der Waals surface area contributed by atoms with Crippen molar-refractivity contribution in [1.82, 2.24) is 29.8 Å². The van der Waals surface area contributed by atoms with E-state index in [0.29, 0.717) is 23.3 Å². The molecule has 3 heterocycles. The Labute approximate surface area is 184 Å². The van der Waals surface area contributed by atoms with Crippen molar-refractivity contribution in [3.05, 3.63) is 37.0 Å². The number of nitrogens with zero attached hydrogens (tertiary/aromatic N) is 5. The highest BCUT2D eigenvalue weighted by atomic mass is 32.2. The first-order chi connectivity index (χ1) is 15.1. The summed E-state index contributed by atoms with van der Waals surface area (Å²) in [6.45, 7) is 5.90. The molecule has 0 saturated heterocycles. The van der Waals surface area contributed by atoms with Gasteiger partial charge in [0.15, 0.2) is 22.1 Å². The molecule has 3 N–H and O–H groups in total. The second kappa shape index (κ2) is 9.36. The number of imidazole rings is 1. The standard InChI is InChI=1S/C21H25N7O2S/c1-13(2)23-7-4-9-28-19-17(18(22)25-12-26-19)27-21(28)31-16-11-14(29-3)5-6-15(16)20-24-8-10-30-20/h5-6,8,10-13,23H,4,7,9H2,1-3H3,(H2,22,25,26). The highest BCUT2D eigenvalue weighted by Crippen LogP contribution is 2.38. The van der Waals surface area contributed by atoms with Crippen LogP contribution >= 0.6 is 11.8 Å². The Morgan fingerprint density at radius 2 is 2.13 bits per heavy atom. The number of ether oxygens (including phenoxy) is 1. The Morgan fingerprint density at radius 3 is 2.87 bits per heavy atom. The first-order valence-corrected chi connectivity index (χ1v) is 10.8. The third-order valence-corrected chi connectivity index (χ3v) is 5.74. The number of nitrogens with two attached hydrogens (primary N) is 1. The van der Waals surface area contributed by atoms with Crippen LogP contribution in [0.2, 0.25) is 0 Å². The number of aromatic nitrogens is 5. The number of fused-ring (bicyclic) bond motifs is 1. The summed E-state index contributed by atoms with van der Waals surface area (Å²) in [5.74, 6) is 1.64. The van der Waals surface area contributed by atoms with Gasteiger partial charge in [-0.25, -0.2) is 19.9 Å². The van der Waals surface area contributed by atoms with E-state index in [1.165, 1.54) is 18.1 Å². The summed E-state index contributed by atoms with van der Waals surface area (Å²) < 4.78 is 13.1. The summed E-state index contributed by atoms with van der Waals surface area (Å²) >= 11 is 1.50. The van der Waals surface area contributed by atoms with E-state index in [2.05, 4.69) is 38.7 Å². The van der Waals surface area contributed by atoms with Crippen molar-refractivity contribution in [2.75, 3.05) is 19.4 Å². The van der Waals surface area contributed by atoms with Gasteiger partial charge in [-0.3, -0.25) is 0 Å². The number of oxazole rings is 1. The quantitative estimate of drug-likeness (QED) is 0.377. The van der Waals surface area contributed by atoms with Crippen LogP contribution in [0.1, 0.15) is 20.3 Å². The van der Waals surface area contributed by atoms with E-state index < -0.39 is 0 Å². The van der Waals surface area contributed by atoms with Gasteiger partial charge in [-0.15, -0.1) is 0 Å². The molecule has 0 atom stereocenters. The fourth-order valence-corrected chi connectivity index (χ4v) is 4.25. The largest absolute Gasteiger partial charge is 0.497 e. The normalized spacial score (nSPS) is 11.5. The van der Waals surface area contributed by atoms with Gasteiger partial charge in [-0.1, -0.05) is 25.6 Å². The number of hydrogen-bond donors (Lipinski definition) is 2. The van der Waals surface area contributed by atoms with Gasteiger partial charge < -0.3 is 24.8 Å². The second-order valence-electron chi connectivity index (χ2n) is 7.24. The number of nitrogen functional groups attached to an aromatic ring is 1. The van der Waals surface area contributed by atoms with Crippen LogP contribution in [0.15, 0.2) is 51.5 Å². The van der Waals surface area contributed by atoms with Crippen LogP contribution in [0.3, 0.4) is 0 Å². The van der Waals surface area contributed by atoms with Gasteiger partial charge in [0.1, 0.15) is 18.3 Å². The first kappa shape index (κ1) is 21.1. The van der Waals surface area contributed by atoms with Crippen molar-refractivity contribution in [3.63, 3.8) is 0 Å². The number of aryl methyl sites for hydroxylation is 1. The summed E-state index contributed by atoms with van der Waals surface area (Å²) in [6, 6.07) is 6.20. The Balaban J connectivity index is 1.73. The van der Waals surface area contributed by atoms with Crippen molar-refractivity contribution < 1.29 is 9.15 Å². The topological polar surface area (TPSA) is 117 Å². The summed E-state index contributed by atoms with van der Waals surface area (Å²) in [6.07, 6.45) is 5.58. The smallest absolute Gasteiger partial charge is 0.227 e. The Bertz CT molecular complexity index is 1160. The van der Waals surface area contributed by atoms with E-state index in [0.717, 1.165) is 46.5 Å². The van der Waals surface area contributed by atoms with Crippen LogP contribution in [0.4, 0.5) is 5.82 Å². The Kier molecular flexibility index (Phi) is 6.38. The molecule has 0 saturated carbocycles. The molecule has 1 aromatic carbocycles. The number of rotatable bonds is 9. The van der Waals surface area contributed by atoms with E-state index >= 15 is 0 Å². The molecular formula is C21H25N7O2S. The van der Waals surface area contributed by atoms with E-state index in [-0.39, 0.29) is 0 Å². The predicted molar refractivity (Wildman–Crippen MR) is 120 cm³/mol. The Hall–Kier alpha value is -3.11. The zero-order chi connectivity index (χ0) is 21.8. The number of methoxy groups -OCH3 is 1. The van der Waals surface area contributed by atoms with Crippen LogP contribution in [0.5, 0.6) is 5.75 Å². The van der Waals surface area contributed by atoms with Crippen LogP contribution in [-0.4, -0.2) is 44.2 Å². The van der Waals surface area contributed by atoms with Crippen molar-refractivity contribution in [1.29, 1.82) is 0 Å². The van der Waals surface area contributed by atoms with Crippen LogP contribution < -0.4 is 15.8 Å². The molecule has 4 aromatic rings. The molecule has 0 spiro atoms. The SMILES string of the molecule is COc1ccc(-c2ncco2)c(Sc2nc3c(N)ncnc3n2CCCNC(C)C)c1. The molecule has 4 rings (SSSR count). The maximum atomic E-state index is 6.09. The van der Waals surface area contributed by atoms with E-state index in [1.807, 2.05) is 18.2 Å². The van der Waals surface area contributed by atoms with Gasteiger partial charge in [-0.2, -0.15) is 0 Å². The summed E-state index contributed by atoms with van der Waals surface area (Å²) in [7, 11) is 1.64. The van der Waals surface area contributed by atoms with Gasteiger partial charge in [0, 0.05) is 17.5 Å². The minimum Gasteiger partial charge on any atom is -0.497 e. The fourth-order valence-electron chi connectivity index (χ4n) is 3.19. The summed E-state index contributed by atoms with van der Waals surface area (Å²) in [5, 5.41) is 4.22. The molecule has 31 heavy (non-hydrogen) atoms. The lowest BCUT2D eigenvalue weighted by atomic mass is 10.2. The number of benzene rings is 1. The Morgan fingerprint density at radius 1 is 1.26 bits per heavy atom. The molecule has 0 radical (unpaired) electrons. The molecule has 0 bridgehead atoms. The first-order valence-electron chi connectivity index (χ1n) is 10.0. The van der Waals surface area contributed by atoms with Crippen LogP contribution in [0, 0.1) is 0 Å². The van der Waals surface area contributed by atoms with Gasteiger partial charge in [0.05, 0.1) is 18.9 Å². The lowest BCUT2D eigenvalue weighted by Crippen LogP contribution is -2.24. The highest BCUT2D eigenvalue weighted by molar-refractivity contribution is 7.99. The predicted octanol–water partition coefficient (Wildman–Crippen LogP) is 3.61. The maximum Gasteiger partial charge on any atom is 0.227 e. The maximum absolute atomic E-state index is 6.09. The lowest BCUT2D eigenvalue weighted by molar-refractivity contribution is 0.413. The lowest BCUT2D eigenvalue weighted by Gasteiger charge is -2.12. The molecule has 0 aliphatic heterocycles. The molecule has 10 heteroatoms. The van der Waals surface area contributed by atoms with Gasteiger partial charge in [-0.05, 0) is 31.2 Å². The minimum absolute atomic E-state index is 0.365. The molecule has 0 unspecified atom stereocenters. The number of hydrogen-bond acceptors (Lipinski definition) is 9. The molecule has 3 aromatic heterocycles. The van der Waals surface area contributed by atoms with Crippen molar-refractivity contribution >= 4 is 28.7 Å². The van der Waals surface area contributed by atoms with Crippen molar-refractivity contribution in [2.45, 2.75) is 42.9 Å². The zero-order valence-corrected chi connectivity index (χ0v) is 18.5. The zero-order valence-electron chi connectivity index (χ0n) is 17.7. The van der Waals surface area contributed by atoms with Crippen molar-refractivity contribution in [3.8, 4) is 17.2 Å². The number of nitrogens with one attached hydrogen (secondary N) is 1. The average Bonchev–Trinajstić information content (AvgIpc) is 3.40. The van der Waals surface area contributed by atoms with Crippen LogP contribution in [0.25, 0.3) is 22.6 Å². The van der Waals surface area contributed by atoms with E-state index in [1.54, 1.807) is 19.6 Å². The summed E-state index contributed by atoms with van der Waals surface area (Å²) in [4.78, 5) is 18.5. The fraction of sp³-hybridized carbons (Fsp3) is 0.333.